The monoisotopic (exact) mass is 296 g/mol. The van der Waals surface area contributed by atoms with E-state index in [0.29, 0.717) is 21.7 Å². The van der Waals surface area contributed by atoms with E-state index in [1.807, 2.05) is 32.0 Å². The van der Waals surface area contributed by atoms with Gasteiger partial charge in [-0.05, 0) is 26.0 Å². The molecule has 0 saturated heterocycles. The second-order valence-electron chi connectivity index (χ2n) is 3.94. The molecule has 19 heavy (non-hydrogen) atoms. The van der Waals surface area contributed by atoms with Crippen molar-refractivity contribution in [3.05, 3.63) is 40.1 Å². The predicted molar refractivity (Wildman–Crippen MR) is 80.7 cm³/mol. The zero-order valence-corrected chi connectivity index (χ0v) is 12.2. The molecular formula is C13H14Cl2N4. The third kappa shape index (κ3) is 3.49. The smallest absolute Gasteiger partial charge is 0.136 e. The Morgan fingerprint density at radius 3 is 2.63 bits per heavy atom. The molecule has 1 aromatic carbocycles. The molecule has 0 fully saturated rings. The van der Waals surface area contributed by atoms with Crippen LogP contribution in [0.4, 0.5) is 17.3 Å². The summed E-state index contributed by atoms with van der Waals surface area (Å²) in [5.41, 5.74) is 0.717. The van der Waals surface area contributed by atoms with Crippen molar-refractivity contribution >= 4 is 40.5 Å². The van der Waals surface area contributed by atoms with Gasteiger partial charge in [0, 0.05) is 12.6 Å². The minimum atomic E-state index is 0.477. The fourth-order valence-electron chi connectivity index (χ4n) is 1.64. The highest BCUT2D eigenvalue weighted by Crippen LogP contribution is 2.31. The van der Waals surface area contributed by atoms with Crippen molar-refractivity contribution < 1.29 is 0 Å². The normalized spacial score (nSPS) is 10.3. The van der Waals surface area contributed by atoms with Gasteiger partial charge < -0.3 is 10.6 Å². The first-order chi connectivity index (χ1) is 9.10. The molecule has 0 radical (unpaired) electrons. The number of hydrogen-bond acceptors (Lipinski definition) is 4. The molecule has 2 rings (SSSR count). The Kier molecular flexibility index (Phi) is 4.45. The fourth-order valence-corrected chi connectivity index (χ4v) is 1.99. The molecule has 4 nitrogen and oxygen atoms in total. The van der Waals surface area contributed by atoms with Gasteiger partial charge in [0.25, 0.3) is 0 Å². The number of nitrogens with one attached hydrogen (secondary N) is 2. The molecule has 0 aliphatic carbocycles. The summed E-state index contributed by atoms with van der Waals surface area (Å²) in [6.45, 7) is 4.65. The van der Waals surface area contributed by atoms with Crippen LogP contribution in [0, 0.1) is 6.92 Å². The van der Waals surface area contributed by atoms with E-state index in [1.165, 1.54) is 0 Å². The maximum Gasteiger partial charge on any atom is 0.136 e. The number of hydrogen-bond donors (Lipinski definition) is 2. The van der Waals surface area contributed by atoms with Crippen LogP contribution in [-0.4, -0.2) is 16.5 Å². The SMILES string of the molecule is CCNc1cc(Nc2cccc(Cl)c2Cl)nc(C)n1. The van der Waals surface area contributed by atoms with Crippen LogP contribution in [0.15, 0.2) is 24.3 Å². The van der Waals surface area contributed by atoms with E-state index < -0.39 is 0 Å². The number of rotatable bonds is 4. The summed E-state index contributed by atoms with van der Waals surface area (Å²) in [6.07, 6.45) is 0. The standard InChI is InChI=1S/C13H14Cl2N4/c1-3-16-11-7-12(18-8(2)17-11)19-10-6-4-5-9(14)13(10)15/h4-7H,3H2,1-2H3,(H2,16,17,18,19). The van der Waals surface area contributed by atoms with E-state index >= 15 is 0 Å². The summed E-state index contributed by atoms with van der Waals surface area (Å²) in [7, 11) is 0. The predicted octanol–water partition coefficient (Wildman–Crippen LogP) is 4.27. The van der Waals surface area contributed by atoms with E-state index in [1.54, 1.807) is 6.07 Å². The number of nitrogens with zero attached hydrogens (tertiary/aromatic N) is 2. The highest BCUT2D eigenvalue weighted by atomic mass is 35.5. The van der Waals surface area contributed by atoms with Crippen molar-refractivity contribution in [1.82, 2.24) is 9.97 Å². The van der Waals surface area contributed by atoms with Crippen LogP contribution in [0.1, 0.15) is 12.7 Å². The fraction of sp³-hybridized carbons (Fsp3) is 0.231. The molecule has 2 N–H and O–H groups in total. The van der Waals surface area contributed by atoms with Crippen LogP contribution in [-0.2, 0) is 0 Å². The van der Waals surface area contributed by atoms with Crippen molar-refractivity contribution in [1.29, 1.82) is 0 Å². The lowest BCUT2D eigenvalue weighted by Crippen LogP contribution is -2.04. The molecule has 0 saturated carbocycles. The van der Waals surface area contributed by atoms with E-state index in [-0.39, 0.29) is 0 Å². The van der Waals surface area contributed by atoms with Gasteiger partial charge in [-0.1, -0.05) is 29.3 Å². The minimum Gasteiger partial charge on any atom is -0.370 e. The van der Waals surface area contributed by atoms with Crippen LogP contribution >= 0.6 is 23.2 Å². The van der Waals surface area contributed by atoms with Gasteiger partial charge in [0.05, 0.1) is 15.7 Å². The molecular weight excluding hydrogens is 283 g/mol. The summed E-state index contributed by atoms with van der Waals surface area (Å²) in [5.74, 6) is 2.13. The first-order valence-electron chi connectivity index (χ1n) is 5.90. The summed E-state index contributed by atoms with van der Waals surface area (Å²) < 4.78 is 0. The maximum atomic E-state index is 6.13. The van der Waals surface area contributed by atoms with Crippen molar-refractivity contribution in [2.45, 2.75) is 13.8 Å². The molecule has 2 aromatic rings. The molecule has 100 valence electrons. The van der Waals surface area contributed by atoms with Crippen molar-refractivity contribution in [3.63, 3.8) is 0 Å². The van der Waals surface area contributed by atoms with Crippen LogP contribution in [0.3, 0.4) is 0 Å². The lowest BCUT2D eigenvalue weighted by Gasteiger charge is -2.11. The quantitative estimate of drug-likeness (QED) is 0.885. The Morgan fingerprint density at radius 1 is 1.16 bits per heavy atom. The maximum absolute atomic E-state index is 6.13. The third-order valence-corrected chi connectivity index (χ3v) is 3.23. The van der Waals surface area contributed by atoms with Gasteiger partial charge in [-0.3, -0.25) is 0 Å². The Morgan fingerprint density at radius 2 is 1.89 bits per heavy atom. The van der Waals surface area contributed by atoms with Gasteiger partial charge in [0.2, 0.25) is 0 Å². The van der Waals surface area contributed by atoms with Gasteiger partial charge in [0.15, 0.2) is 0 Å². The molecule has 0 amide bonds. The molecule has 0 atom stereocenters. The van der Waals surface area contributed by atoms with Crippen LogP contribution in [0.25, 0.3) is 0 Å². The van der Waals surface area contributed by atoms with Gasteiger partial charge >= 0.3 is 0 Å². The number of aromatic nitrogens is 2. The number of anilines is 3. The molecule has 0 aliphatic heterocycles. The highest BCUT2D eigenvalue weighted by Gasteiger charge is 2.06. The second-order valence-corrected chi connectivity index (χ2v) is 4.73. The van der Waals surface area contributed by atoms with Crippen LogP contribution in [0.2, 0.25) is 10.0 Å². The Bertz CT molecular complexity index is 587. The zero-order chi connectivity index (χ0) is 13.8. The van der Waals surface area contributed by atoms with Gasteiger partial charge in [-0.2, -0.15) is 0 Å². The van der Waals surface area contributed by atoms with Crippen LogP contribution in [0.5, 0.6) is 0 Å². The van der Waals surface area contributed by atoms with E-state index in [4.69, 9.17) is 23.2 Å². The van der Waals surface area contributed by atoms with E-state index in [2.05, 4.69) is 20.6 Å². The first-order valence-corrected chi connectivity index (χ1v) is 6.66. The Balaban J connectivity index is 2.30. The van der Waals surface area contributed by atoms with Crippen molar-refractivity contribution in [2.75, 3.05) is 17.2 Å². The molecule has 0 bridgehead atoms. The van der Waals surface area contributed by atoms with Gasteiger partial charge in [-0.15, -0.1) is 0 Å². The van der Waals surface area contributed by atoms with Gasteiger partial charge in [0.1, 0.15) is 17.5 Å². The summed E-state index contributed by atoms with van der Waals surface area (Å²) in [6, 6.07) is 7.24. The molecule has 0 spiro atoms. The molecule has 1 aromatic heterocycles. The minimum absolute atomic E-state index is 0.477. The van der Waals surface area contributed by atoms with E-state index in [9.17, 15) is 0 Å². The lowest BCUT2D eigenvalue weighted by molar-refractivity contribution is 1.04. The molecule has 0 unspecified atom stereocenters. The number of halogens is 2. The lowest BCUT2D eigenvalue weighted by atomic mass is 10.3. The average molecular weight is 297 g/mol. The molecule has 0 aliphatic rings. The molecule has 6 heteroatoms. The summed E-state index contributed by atoms with van der Waals surface area (Å²) in [5, 5.41) is 7.28. The summed E-state index contributed by atoms with van der Waals surface area (Å²) in [4.78, 5) is 8.60. The number of aryl methyl sites for hydroxylation is 1. The highest BCUT2D eigenvalue weighted by molar-refractivity contribution is 6.43. The van der Waals surface area contributed by atoms with E-state index in [0.717, 1.165) is 18.1 Å². The first kappa shape index (κ1) is 13.9. The van der Waals surface area contributed by atoms with Crippen LogP contribution < -0.4 is 10.6 Å². The third-order valence-electron chi connectivity index (χ3n) is 2.41. The topological polar surface area (TPSA) is 49.8 Å². The van der Waals surface area contributed by atoms with Crippen molar-refractivity contribution in [2.24, 2.45) is 0 Å². The van der Waals surface area contributed by atoms with Crippen molar-refractivity contribution in [3.8, 4) is 0 Å². The largest absolute Gasteiger partial charge is 0.370 e. The Hall–Kier alpha value is -1.52. The van der Waals surface area contributed by atoms with Gasteiger partial charge in [-0.25, -0.2) is 9.97 Å². The average Bonchev–Trinajstić information content (AvgIpc) is 2.35. The second kappa shape index (κ2) is 6.08. The summed E-state index contributed by atoms with van der Waals surface area (Å²) >= 11 is 12.1. The zero-order valence-electron chi connectivity index (χ0n) is 10.7. The number of benzene rings is 1. The Labute approximate surface area is 122 Å². The molecule has 1 heterocycles.